The van der Waals surface area contributed by atoms with Crippen molar-refractivity contribution in [2.24, 2.45) is 0 Å². The molecule has 0 aromatic carbocycles. The smallest absolute Gasteiger partial charge is 0.457 e. The van der Waals surface area contributed by atoms with E-state index in [0.717, 1.165) is 109 Å². The molecule has 1 rings (SSSR count). The van der Waals surface area contributed by atoms with Crippen LogP contribution in [0.4, 0.5) is 0 Å². The molecular weight excluding hydrogens is 884 g/mol. The maximum absolute atomic E-state index is 12.9. The van der Waals surface area contributed by atoms with Gasteiger partial charge in [-0.15, -0.1) is 0 Å². The first-order valence-corrected chi connectivity index (χ1v) is 27.6. The van der Waals surface area contributed by atoms with Crippen LogP contribution in [0.2, 0.25) is 0 Å². The minimum absolute atomic E-state index is 0.0949. The predicted octanol–water partition coefficient (Wildman–Crippen LogP) is 11.9. The molecule has 68 heavy (non-hydrogen) atoms. The van der Waals surface area contributed by atoms with Crippen molar-refractivity contribution >= 4 is 13.8 Å². The van der Waals surface area contributed by atoms with Gasteiger partial charge in [0.05, 0.1) is 13.2 Å². The minimum atomic E-state index is -5.04. The van der Waals surface area contributed by atoms with E-state index in [-0.39, 0.29) is 13.0 Å². The molecule has 1 aliphatic carbocycles. The van der Waals surface area contributed by atoms with Gasteiger partial charge in [-0.2, -0.15) is 0 Å². The maximum atomic E-state index is 12.9. The zero-order valence-corrected chi connectivity index (χ0v) is 42.8. The highest BCUT2D eigenvalue weighted by Gasteiger charge is 2.51. The summed E-state index contributed by atoms with van der Waals surface area (Å²) in [5.74, 6) is -0.505. The van der Waals surface area contributed by atoms with Gasteiger partial charge in [0.25, 0.3) is 0 Å². The quantitative estimate of drug-likeness (QED) is 0.0147. The molecular formula is C55H93O12P. The second kappa shape index (κ2) is 44.2. The summed E-state index contributed by atoms with van der Waals surface area (Å²) in [7, 11) is -5.04. The number of hydrogen-bond acceptors (Lipinski definition) is 11. The van der Waals surface area contributed by atoms with Crippen molar-refractivity contribution in [2.75, 3.05) is 19.8 Å². The van der Waals surface area contributed by atoms with Crippen molar-refractivity contribution in [1.29, 1.82) is 0 Å². The highest BCUT2D eigenvalue weighted by Crippen LogP contribution is 2.47. The highest BCUT2D eigenvalue weighted by atomic mass is 31.2. The number of allylic oxidation sites excluding steroid dienone is 16. The van der Waals surface area contributed by atoms with Crippen LogP contribution in [-0.4, -0.2) is 98.9 Å². The van der Waals surface area contributed by atoms with Gasteiger partial charge in [-0.1, -0.05) is 182 Å². The average molecular weight is 977 g/mol. The number of aliphatic hydroxyl groups excluding tert-OH is 5. The van der Waals surface area contributed by atoms with Crippen LogP contribution in [-0.2, 0) is 27.9 Å². The number of ether oxygens (including phenoxy) is 2. The van der Waals surface area contributed by atoms with Gasteiger partial charge in [-0.25, -0.2) is 4.57 Å². The minimum Gasteiger partial charge on any atom is -0.457 e. The third-order valence-corrected chi connectivity index (χ3v) is 12.4. The Balaban J connectivity index is 2.34. The van der Waals surface area contributed by atoms with E-state index in [1.807, 2.05) is 0 Å². The normalized spacial score (nSPS) is 21.9. The van der Waals surface area contributed by atoms with Crippen LogP contribution in [0.3, 0.4) is 0 Å². The van der Waals surface area contributed by atoms with Gasteiger partial charge >= 0.3 is 13.8 Å². The van der Waals surface area contributed by atoms with Gasteiger partial charge in [0, 0.05) is 13.0 Å². The fourth-order valence-corrected chi connectivity index (χ4v) is 8.37. The lowest BCUT2D eigenvalue weighted by Crippen LogP contribution is -2.64. The van der Waals surface area contributed by atoms with E-state index < -0.39 is 63.1 Å². The lowest BCUT2D eigenvalue weighted by Gasteiger charge is -2.41. The van der Waals surface area contributed by atoms with Crippen LogP contribution in [0.25, 0.3) is 0 Å². The SMILES string of the molecule is CC/C=C\C/C=C\C/C=C\C/C=C\CCCCCCCCCCCCCOCC(COP(=O)(O)OC1C(O)C(O)C(O)C(O)C1O)OC(=O)CCCCCC/C=C\C/C=C\C/C=C\C/C=C\CC. The summed E-state index contributed by atoms with van der Waals surface area (Å²) in [6.07, 6.45) is 49.0. The van der Waals surface area contributed by atoms with Crippen LogP contribution in [0.15, 0.2) is 97.2 Å². The van der Waals surface area contributed by atoms with Gasteiger partial charge in [0.1, 0.15) is 42.7 Å². The largest absolute Gasteiger partial charge is 0.472 e. The molecule has 0 spiro atoms. The lowest BCUT2D eigenvalue weighted by atomic mass is 9.85. The first-order valence-electron chi connectivity index (χ1n) is 26.1. The number of aliphatic hydroxyl groups is 5. The van der Waals surface area contributed by atoms with Crippen molar-refractivity contribution in [3.05, 3.63) is 97.2 Å². The molecule has 0 radical (unpaired) electrons. The molecule has 6 atom stereocenters. The first-order chi connectivity index (χ1) is 33.0. The van der Waals surface area contributed by atoms with Crippen LogP contribution in [0.5, 0.6) is 0 Å². The number of rotatable bonds is 43. The molecule has 6 N–H and O–H groups in total. The summed E-state index contributed by atoms with van der Waals surface area (Å²) < 4.78 is 34.3. The Morgan fingerprint density at radius 1 is 0.471 bits per heavy atom. The van der Waals surface area contributed by atoms with E-state index in [9.17, 15) is 39.8 Å². The Hall–Kier alpha value is -2.74. The van der Waals surface area contributed by atoms with Crippen LogP contribution in [0, 0.1) is 0 Å². The fourth-order valence-electron chi connectivity index (χ4n) is 7.40. The molecule has 0 heterocycles. The average Bonchev–Trinajstić information content (AvgIpc) is 3.32. The number of unbranched alkanes of at least 4 members (excludes halogenated alkanes) is 15. The molecule has 6 unspecified atom stereocenters. The van der Waals surface area contributed by atoms with Crippen LogP contribution in [0.1, 0.15) is 181 Å². The molecule has 1 aliphatic rings. The zero-order chi connectivity index (χ0) is 49.8. The molecule has 1 fully saturated rings. The summed E-state index contributed by atoms with van der Waals surface area (Å²) in [4.78, 5) is 23.2. The second-order valence-electron chi connectivity index (χ2n) is 17.6. The summed E-state index contributed by atoms with van der Waals surface area (Å²) in [6.45, 7) is 4.00. The maximum Gasteiger partial charge on any atom is 0.472 e. The lowest BCUT2D eigenvalue weighted by molar-refractivity contribution is -0.220. The van der Waals surface area contributed by atoms with Crippen molar-refractivity contribution in [3.8, 4) is 0 Å². The van der Waals surface area contributed by atoms with Gasteiger partial charge in [-0.3, -0.25) is 13.8 Å². The number of carbonyl (C=O) groups excluding carboxylic acids is 1. The van der Waals surface area contributed by atoms with E-state index >= 15 is 0 Å². The molecule has 0 aliphatic heterocycles. The first kappa shape index (κ1) is 63.3. The summed E-state index contributed by atoms with van der Waals surface area (Å²) >= 11 is 0. The zero-order valence-electron chi connectivity index (χ0n) is 41.9. The third kappa shape index (κ3) is 35.4. The number of phosphoric acid groups is 1. The van der Waals surface area contributed by atoms with E-state index in [4.69, 9.17) is 18.5 Å². The number of carbonyl (C=O) groups is 1. The van der Waals surface area contributed by atoms with Gasteiger partial charge in [0.2, 0.25) is 0 Å². The van der Waals surface area contributed by atoms with Gasteiger partial charge in [0.15, 0.2) is 0 Å². The Bertz CT molecular complexity index is 1490. The number of hydrogen-bond donors (Lipinski definition) is 6. The van der Waals surface area contributed by atoms with Crippen LogP contribution >= 0.6 is 7.82 Å². The molecule has 0 aromatic heterocycles. The van der Waals surface area contributed by atoms with Crippen molar-refractivity contribution < 1.29 is 58.3 Å². The van der Waals surface area contributed by atoms with E-state index in [1.165, 1.54) is 44.9 Å². The standard InChI is InChI=1S/C55H93O12P/c1-3-5-7-9-11-13-15-17-19-21-22-23-24-25-26-27-29-31-33-35-37-39-41-43-45-64-46-48(47-65-68(62,63)67-55-53(60)51(58)50(57)52(59)54(55)61)66-49(56)44-42-40-38-36-34-32-30-28-20-18-16-14-12-10-8-6-4-2/h5-8,11-14,17-20,22-23,30,32,48,50-55,57-61H,3-4,9-10,15-16,21,24-29,31,33-47H2,1-2H3,(H,62,63)/b7-5-,8-6-,13-11-,14-12-,19-17-,20-18-,23-22-,32-30-. The van der Waals surface area contributed by atoms with Crippen molar-refractivity contribution in [2.45, 2.75) is 224 Å². The Morgan fingerprint density at radius 3 is 1.25 bits per heavy atom. The molecule has 0 saturated heterocycles. The van der Waals surface area contributed by atoms with E-state index in [1.54, 1.807) is 0 Å². The predicted molar refractivity (Wildman–Crippen MR) is 276 cm³/mol. The third-order valence-electron chi connectivity index (χ3n) is 11.5. The summed E-state index contributed by atoms with van der Waals surface area (Å²) in [6, 6.07) is 0. The Kier molecular flexibility index (Phi) is 41.1. The molecule has 0 bridgehead atoms. The highest BCUT2D eigenvalue weighted by molar-refractivity contribution is 7.47. The molecule has 0 aromatic rings. The van der Waals surface area contributed by atoms with Gasteiger partial charge in [-0.05, 0) is 89.9 Å². The van der Waals surface area contributed by atoms with Crippen molar-refractivity contribution in [3.63, 3.8) is 0 Å². The van der Waals surface area contributed by atoms with Gasteiger partial charge < -0.3 is 39.9 Å². The summed E-state index contributed by atoms with van der Waals surface area (Å²) in [5.41, 5.74) is 0. The Morgan fingerprint density at radius 2 is 0.824 bits per heavy atom. The summed E-state index contributed by atoms with van der Waals surface area (Å²) in [5, 5.41) is 50.3. The Labute approximate surface area is 411 Å². The fraction of sp³-hybridized carbons (Fsp3) is 0.691. The van der Waals surface area contributed by atoms with Crippen LogP contribution < -0.4 is 0 Å². The van der Waals surface area contributed by atoms with E-state index in [0.29, 0.717) is 13.0 Å². The van der Waals surface area contributed by atoms with Crippen molar-refractivity contribution in [1.82, 2.24) is 0 Å². The van der Waals surface area contributed by atoms with E-state index in [2.05, 4.69) is 111 Å². The second-order valence-corrected chi connectivity index (χ2v) is 19.0. The monoisotopic (exact) mass is 977 g/mol. The number of esters is 1. The molecule has 0 amide bonds. The molecule has 12 nitrogen and oxygen atoms in total. The number of phosphoric ester groups is 1. The topological polar surface area (TPSA) is 192 Å². The molecule has 1 saturated carbocycles. The molecule has 13 heteroatoms. The molecule has 390 valence electrons.